The Morgan fingerprint density at radius 3 is 2.84 bits per heavy atom. The molecule has 1 aromatic carbocycles. The third-order valence-electron chi connectivity index (χ3n) is 4.65. The van der Waals surface area contributed by atoms with Crippen molar-refractivity contribution < 1.29 is 18.7 Å². The lowest BCUT2D eigenvalue weighted by Crippen LogP contribution is -2.11. The van der Waals surface area contributed by atoms with Gasteiger partial charge in [-0.2, -0.15) is 15.2 Å². The van der Waals surface area contributed by atoms with Crippen molar-refractivity contribution in [2.24, 2.45) is 0 Å². The average molecular weight is 489 g/mol. The number of aromatic nitrogens is 6. The summed E-state index contributed by atoms with van der Waals surface area (Å²) in [4.78, 5) is 20.9. The Hall–Kier alpha value is -3.34. The number of methoxy groups -OCH3 is 1. The predicted molar refractivity (Wildman–Crippen MR) is 113 cm³/mol. The van der Waals surface area contributed by atoms with Gasteiger partial charge in [-0.15, -0.1) is 0 Å². The summed E-state index contributed by atoms with van der Waals surface area (Å²) in [6, 6.07) is 5.99. The number of esters is 1. The van der Waals surface area contributed by atoms with E-state index in [0.29, 0.717) is 15.6 Å². The van der Waals surface area contributed by atoms with Gasteiger partial charge in [-0.25, -0.2) is 23.5 Å². The first kappa shape index (κ1) is 20.9. The van der Waals surface area contributed by atoms with Crippen LogP contribution in [0, 0.1) is 5.82 Å². The molecule has 3 heterocycles. The van der Waals surface area contributed by atoms with Crippen molar-refractivity contribution in [2.75, 3.05) is 13.7 Å². The van der Waals surface area contributed by atoms with Crippen LogP contribution in [0.1, 0.15) is 35.8 Å². The van der Waals surface area contributed by atoms with Crippen LogP contribution in [0.5, 0.6) is 5.88 Å². The fourth-order valence-corrected chi connectivity index (χ4v) is 3.60. The number of carbonyl (C=O) groups is 1. The van der Waals surface area contributed by atoms with Crippen LogP contribution in [-0.4, -0.2) is 49.2 Å². The maximum absolute atomic E-state index is 13.7. The number of rotatable bonds is 6. The van der Waals surface area contributed by atoms with Gasteiger partial charge in [0.25, 0.3) is 5.95 Å². The molecule has 4 rings (SSSR count). The fourth-order valence-electron chi connectivity index (χ4n) is 3.15. The number of benzene rings is 1. The molecular formula is C20H18BrFN6O3. The molecule has 0 saturated carbocycles. The van der Waals surface area contributed by atoms with Crippen LogP contribution in [0.15, 0.2) is 41.3 Å². The molecule has 160 valence electrons. The molecule has 0 radical (unpaired) electrons. The van der Waals surface area contributed by atoms with Gasteiger partial charge in [-0.3, -0.25) is 0 Å². The molecule has 4 aromatic rings. The van der Waals surface area contributed by atoms with Crippen LogP contribution >= 0.6 is 15.9 Å². The molecule has 0 spiro atoms. The maximum atomic E-state index is 13.7. The van der Waals surface area contributed by atoms with Crippen LogP contribution in [0.25, 0.3) is 17.0 Å². The van der Waals surface area contributed by atoms with Crippen molar-refractivity contribution in [3.63, 3.8) is 0 Å². The van der Waals surface area contributed by atoms with Crippen LogP contribution in [0.3, 0.4) is 0 Å². The third kappa shape index (κ3) is 3.88. The van der Waals surface area contributed by atoms with E-state index < -0.39 is 5.97 Å². The largest absolute Gasteiger partial charge is 0.479 e. The lowest BCUT2D eigenvalue weighted by molar-refractivity contribution is 0.0526. The quantitative estimate of drug-likeness (QED) is 0.381. The van der Waals surface area contributed by atoms with Gasteiger partial charge in [0.1, 0.15) is 11.3 Å². The summed E-state index contributed by atoms with van der Waals surface area (Å²) in [6.07, 6.45) is 2.86. The van der Waals surface area contributed by atoms with Gasteiger partial charge >= 0.3 is 5.97 Å². The Morgan fingerprint density at radius 1 is 1.32 bits per heavy atom. The smallest absolute Gasteiger partial charge is 0.341 e. The summed E-state index contributed by atoms with van der Waals surface area (Å²) in [5.74, 6) is -0.366. The summed E-state index contributed by atoms with van der Waals surface area (Å²) in [5.41, 5.74) is 2.03. The number of halogens is 2. The van der Waals surface area contributed by atoms with Crippen LogP contribution in [0.2, 0.25) is 0 Å². The van der Waals surface area contributed by atoms with Crippen molar-refractivity contribution in [3.8, 4) is 11.8 Å². The van der Waals surface area contributed by atoms with E-state index in [-0.39, 0.29) is 35.9 Å². The fraction of sp³-hybridized carbons (Fsp3) is 0.250. The number of hydrogen-bond acceptors (Lipinski definition) is 7. The van der Waals surface area contributed by atoms with E-state index in [9.17, 15) is 9.18 Å². The Labute approximate surface area is 184 Å². The van der Waals surface area contributed by atoms with E-state index in [1.54, 1.807) is 17.7 Å². The standard InChI is InChI=1S/C20H18BrFN6O3/c1-4-31-19(29)13-9-23-27(10-13)20-24-15-16(18(25-20)30-3)28(26-17(15)21)11(2)12-6-5-7-14(22)8-12/h5-11H,4H2,1-3H3/t11-/m0/s1. The highest BCUT2D eigenvalue weighted by Gasteiger charge is 2.23. The molecule has 0 unspecified atom stereocenters. The molecule has 9 nitrogen and oxygen atoms in total. The lowest BCUT2D eigenvalue weighted by atomic mass is 10.1. The highest BCUT2D eigenvalue weighted by Crippen LogP contribution is 2.33. The molecule has 0 aliphatic rings. The first-order chi connectivity index (χ1) is 14.9. The molecule has 0 amide bonds. The van der Waals surface area contributed by atoms with E-state index >= 15 is 0 Å². The maximum Gasteiger partial charge on any atom is 0.341 e. The molecule has 0 N–H and O–H groups in total. The Morgan fingerprint density at radius 2 is 2.13 bits per heavy atom. The third-order valence-corrected chi connectivity index (χ3v) is 5.18. The van der Waals surface area contributed by atoms with E-state index in [4.69, 9.17) is 9.47 Å². The van der Waals surface area contributed by atoms with Gasteiger partial charge in [0.15, 0.2) is 10.1 Å². The second-order valence-electron chi connectivity index (χ2n) is 6.59. The first-order valence-corrected chi connectivity index (χ1v) is 10.2. The zero-order valence-electron chi connectivity index (χ0n) is 16.9. The molecule has 31 heavy (non-hydrogen) atoms. The van der Waals surface area contributed by atoms with Crippen molar-refractivity contribution >= 4 is 32.9 Å². The first-order valence-electron chi connectivity index (χ1n) is 9.40. The Balaban J connectivity index is 1.81. The number of ether oxygens (including phenoxy) is 2. The molecule has 3 aromatic heterocycles. The van der Waals surface area contributed by atoms with Crippen LogP contribution < -0.4 is 4.74 Å². The summed E-state index contributed by atoms with van der Waals surface area (Å²) in [7, 11) is 1.48. The Bertz CT molecular complexity index is 1270. The molecule has 0 fully saturated rings. The van der Waals surface area contributed by atoms with Gasteiger partial charge in [0.05, 0.1) is 31.5 Å². The molecule has 0 aliphatic carbocycles. The van der Waals surface area contributed by atoms with Crippen LogP contribution in [-0.2, 0) is 4.74 Å². The minimum absolute atomic E-state index is 0.193. The number of nitrogens with zero attached hydrogens (tertiary/aromatic N) is 6. The average Bonchev–Trinajstić information content (AvgIpc) is 3.38. The predicted octanol–water partition coefficient (Wildman–Crippen LogP) is 3.71. The van der Waals surface area contributed by atoms with Gasteiger partial charge in [-0.1, -0.05) is 12.1 Å². The van der Waals surface area contributed by atoms with Gasteiger partial charge in [0.2, 0.25) is 5.88 Å². The topological polar surface area (TPSA) is 96.9 Å². The summed E-state index contributed by atoms with van der Waals surface area (Å²) in [6.45, 7) is 3.88. The minimum Gasteiger partial charge on any atom is -0.479 e. The minimum atomic E-state index is -0.486. The lowest BCUT2D eigenvalue weighted by Gasteiger charge is -2.15. The second kappa shape index (κ2) is 8.42. The highest BCUT2D eigenvalue weighted by atomic mass is 79.9. The van der Waals surface area contributed by atoms with Crippen molar-refractivity contribution in [1.29, 1.82) is 0 Å². The Kier molecular flexibility index (Phi) is 5.68. The number of carbonyl (C=O) groups excluding carboxylic acids is 1. The second-order valence-corrected chi connectivity index (χ2v) is 7.34. The van der Waals surface area contributed by atoms with Crippen LogP contribution in [0.4, 0.5) is 4.39 Å². The molecule has 0 aliphatic heterocycles. The van der Waals surface area contributed by atoms with Crippen molar-refractivity contribution in [2.45, 2.75) is 19.9 Å². The summed E-state index contributed by atoms with van der Waals surface area (Å²) in [5, 5.41) is 8.67. The molecule has 0 bridgehead atoms. The van der Waals surface area contributed by atoms with E-state index in [2.05, 4.69) is 36.1 Å². The zero-order valence-corrected chi connectivity index (χ0v) is 18.5. The normalized spacial score (nSPS) is 12.2. The van der Waals surface area contributed by atoms with E-state index in [1.807, 2.05) is 13.0 Å². The molecular weight excluding hydrogens is 471 g/mol. The molecule has 11 heteroatoms. The molecule has 1 atom stereocenters. The SMILES string of the molecule is CCOC(=O)c1cnn(-c2nc(OC)c3c(n2)c(Br)nn3[C@@H](C)c2cccc(F)c2)c1. The van der Waals surface area contributed by atoms with Gasteiger partial charge < -0.3 is 9.47 Å². The van der Waals surface area contributed by atoms with Crippen molar-refractivity contribution in [3.05, 3.63) is 58.2 Å². The highest BCUT2D eigenvalue weighted by molar-refractivity contribution is 9.10. The van der Waals surface area contributed by atoms with Gasteiger partial charge in [0, 0.05) is 6.20 Å². The summed E-state index contributed by atoms with van der Waals surface area (Å²) >= 11 is 3.44. The van der Waals surface area contributed by atoms with Gasteiger partial charge in [-0.05, 0) is 47.5 Å². The van der Waals surface area contributed by atoms with E-state index in [0.717, 1.165) is 5.56 Å². The summed E-state index contributed by atoms with van der Waals surface area (Å²) < 4.78 is 27.7. The zero-order chi connectivity index (χ0) is 22.1. The molecule has 0 saturated heterocycles. The number of fused-ring (bicyclic) bond motifs is 1. The van der Waals surface area contributed by atoms with E-state index in [1.165, 1.54) is 36.3 Å². The monoisotopic (exact) mass is 488 g/mol. The van der Waals surface area contributed by atoms with Crippen molar-refractivity contribution in [1.82, 2.24) is 29.5 Å². The number of hydrogen-bond donors (Lipinski definition) is 0.